The molecule has 9 aromatic carbocycles. The summed E-state index contributed by atoms with van der Waals surface area (Å²) in [5, 5.41) is 6.69. The Bertz CT molecular complexity index is 3470. The van der Waals surface area contributed by atoms with Crippen LogP contribution in [-0.2, 0) is 5.41 Å². The molecule has 16 radical (unpaired) electrons. The Hall–Kier alpha value is -5.92. The van der Waals surface area contributed by atoms with Crippen LogP contribution in [0.4, 0.5) is 0 Å². The standard InChI is InChI=1S/C51H26B8O/c1-51(2)32-12-6-5-10-29(32)36-30(11-7-13-33(36)51)37-40-38(42(52)46(56)48(58)44(40)54)35(39-41(37)45(55)49(59)47(57)43(39)53)25-16-14-23(15-17-25)26-19-21-34-31(22-26)28-20-18-24-8-3-4-9-27(24)50(28)60-34/h3-22H,1-2H3. The van der Waals surface area contributed by atoms with E-state index in [4.69, 9.17) is 67.2 Å². The maximum atomic E-state index is 7.12. The molecule has 0 amide bonds. The third-order valence-electron chi connectivity index (χ3n) is 13.1. The van der Waals surface area contributed by atoms with Crippen LogP contribution in [0.15, 0.2) is 126 Å². The van der Waals surface area contributed by atoms with E-state index in [0.717, 1.165) is 71.7 Å². The summed E-state index contributed by atoms with van der Waals surface area (Å²) in [4.78, 5) is 0. The third-order valence-corrected chi connectivity index (χ3v) is 13.1. The quantitative estimate of drug-likeness (QED) is 0.189. The van der Waals surface area contributed by atoms with Crippen LogP contribution in [0.25, 0.3) is 98.8 Å². The van der Waals surface area contributed by atoms with Gasteiger partial charge in [0.1, 0.15) is 73.9 Å². The highest BCUT2D eigenvalue weighted by molar-refractivity contribution is 6.71. The van der Waals surface area contributed by atoms with E-state index in [0.29, 0.717) is 32.7 Å². The van der Waals surface area contributed by atoms with E-state index in [1.807, 2.05) is 30.3 Å². The summed E-state index contributed by atoms with van der Waals surface area (Å²) >= 11 is 0. The molecule has 0 spiro atoms. The molecular formula is C51H26B8O. The van der Waals surface area contributed by atoms with Gasteiger partial charge in [-0.1, -0.05) is 139 Å². The molecule has 9 heteroatoms. The maximum absolute atomic E-state index is 7.12. The highest BCUT2D eigenvalue weighted by atomic mass is 16.3. The van der Waals surface area contributed by atoms with Gasteiger partial charge in [0.05, 0.1) is 0 Å². The van der Waals surface area contributed by atoms with Crippen molar-refractivity contribution in [3.63, 3.8) is 0 Å². The minimum absolute atomic E-state index is 0.177. The minimum Gasteiger partial charge on any atom is -0.455 e. The van der Waals surface area contributed by atoms with Crippen molar-refractivity contribution in [2.24, 2.45) is 0 Å². The third kappa shape index (κ3) is 4.93. The molecule has 0 fully saturated rings. The van der Waals surface area contributed by atoms with Gasteiger partial charge in [0.25, 0.3) is 0 Å². The van der Waals surface area contributed by atoms with E-state index < -0.39 is 0 Å². The van der Waals surface area contributed by atoms with Gasteiger partial charge in [-0.2, -0.15) is 0 Å². The summed E-state index contributed by atoms with van der Waals surface area (Å²) in [6.07, 6.45) is 0. The van der Waals surface area contributed by atoms with Crippen molar-refractivity contribution < 1.29 is 4.42 Å². The summed E-state index contributed by atoms with van der Waals surface area (Å²) in [6, 6.07) is 41.8. The van der Waals surface area contributed by atoms with Crippen LogP contribution in [0.2, 0.25) is 0 Å². The zero-order valence-electron chi connectivity index (χ0n) is 33.1. The number of rotatable bonds is 3. The molecule has 0 bridgehead atoms. The normalized spacial score (nSPS) is 13.2. The number of furan rings is 1. The van der Waals surface area contributed by atoms with Crippen molar-refractivity contribution in [2.45, 2.75) is 19.3 Å². The summed E-state index contributed by atoms with van der Waals surface area (Å²) in [5.74, 6) is 0. The average Bonchev–Trinajstić information content (AvgIpc) is 3.77. The highest BCUT2D eigenvalue weighted by Crippen LogP contribution is 2.54. The molecule has 0 aliphatic heterocycles. The number of fused-ring (bicyclic) bond motifs is 10. The molecule has 1 heterocycles. The van der Waals surface area contributed by atoms with E-state index in [-0.39, 0.29) is 49.1 Å². The van der Waals surface area contributed by atoms with E-state index >= 15 is 0 Å². The van der Waals surface area contributed by atoms with Crippen LogP contribution in [0, 0.1) is 0 Å². The SMILES string of the molecule is [B]c1c([B])c([B])c2c(-c3cccc4c3-c3ccccc3C4(C)C)c3c([B])c([B])c([B])c([B])c3c(-c3ccc(-c4ccc5oc6c7ccccc7ccc6c5c4)cc3)c2c1[B]. The van der Waals surface area contributed by atoms with Crippen LogP contribution in [0.3, 0.4) is 0 Å². The van der Waals surface area contributed by atoms with Gasteiger partial charge in [-0.05, 0) is 101 Å². The van der Waals surface area contributed by atoms with Gasteiger partial charge in [-0.3, -0.25) is 0 Å². The molecule has 0 saturated carbocycles. The molecule has 260 valence electrons. The van der Waals surface area contributed by atoms with Crippen LogP contribution in [-0.4, -0.2) is 62.8 Å². The molecule has 1 aliphatic carbocycles. The number of hydrogen-bond donors (Lipinski definition) is 0. The lowest BCUT2D eigenvalue weighted by atomic mass is 9.59. The van der Waals surface area contributed by atoms with E-state index in [2.05, 4.69) is 105 Å². The maximum Gasteiger partial charge on any atom is 0.143 e. The van der Waals surface area contributed by atoms with Crippen LogP contribution < -0.4 is 43.7 Å². The van der Waals surface area contributed by atoms with Crippen LogP contribution in [0.1, 0.15) is 25.0 Å². The Balaban J connectivity index is 1.21. The minimum atomic E-state index is -0.291. The zero-order valence-corrected chi connectivity index (χ0v) is 33.1. The fraction of sp³-hybridized carbons (Fsp3) is 0.0588. The van der Waals surface area contributed by atoms with Gasteiger partial charge in [0, 0.05) is 21.6 Å². The van der Waals surface area contributed by atoms with Gasteiger partial charge in [-0.25, -0.2) is 0 Å². The molecule has 0 saturated heterocycles. The largest absolute Gasteiger partial charge is 0.455 e. The highest BCUT2D eigenvalue weighted by Gasteiger charge is 2.37. The molecule has 0 N–H and O–H groups in total. The molecule has 60 heavy (non-hydrogen) atoms. The second-order valence-corrected chi connectivity index (χ2v) is 16.5. The molecular weight excluding hydrogens is 715 g/mol. The lowest BCUT2D eigenvalue weighted by Gasteiger charge is -2.29. The van der Waals surface area contributed by atoms with Gasteiger partial charge < -0.3 is 4.42 Å². The van der Waals surface area contributed by atoms with E-state index in [9.17, 15) is 0 Å². The predicted octanol–water partition coefficient (Wildman–Crippen LogP) is 4.70. The summed E-state index contributed by atoms with van der Waals surface area (Å²) in [7, 11) is 55.3. The van der Waals surface area contributed by atoms with Gasteiger partial charge >= 0.3 is 0 Å². The Morgan fingerprint density at radius 1 is 0.383 bits per heavy atom. The van der Waals surface area contributed by atoms with Gasteiger partial charge in [0.15, 0.2) is 0 Å². The summed E-state index contributed by atoms with van der Waals surface area (Å²) in [5.41, 5.74) is 12.8. The van der Waals surface area contributed by atoms with Crippen LogP contribution >= 0.6 is 0 Å². The molecule has 1 aromatic heterocycles. The first kappa shape index (κ1) is 37.1. The fourth-order valence-corrected chi connectivity index (χ4v) is 9.98. The Kier molecular flexibility index (Phi) is 8.06. The average molecular weight is 741 g/mol. The van der Waals surface area contributed by atoms with Crippen molar-refractivity contribution in [1.82, 2.24) is 0 Å². The second-order valence-electron chi connectivity index (χ2n) is 16.5. The van der Waals surface area contributed by atoms with Crippen LogP contribution in [0.5, 0.6) is 0 Å². The lowest BCUT2D eigenvalue weighted by Crippen LogP contribution is -2.50. The van der Waals surface area contributed by atoms with Crippen molar-refractivity contribution in [3.8, 4) is 44.5 Å². The summed E-state index contributed by atoms with van der Waals surface area (Å²) in [6.45, 7) is 4.47. The number of benzene rings is 9. The van der Waals surface area contributed by atoms with Gasteiger partial charge in [0.2, 0.25) is 0 Å². The summed E-state index contributed by atoms with van der Waals surface area (Å²) < 4.78 is 6.40. The lowest BCUT2D eigenvalue weighted by molar-refractivity contribution is 0.660. The van der Waals surface area contributed by atoms with Crippen molar-refractivity contribution in [3.05, 3.63) is 132 Å². The fourth-order valence-electron chi connectivity index (χ4n) is 9.98. The molecule has 0 atom stereocenters. The first-order chi connectivity index (χ1) is 28.9. The van der Waals surface area contributed by atoms with Crippen molar-refractivity contribution >= 4 is 161 Å². The molecule has 0 unspecified atom stereocenters. The zero-order chi connectivity index (χ0) is 41.5. The van der Waals surface area contributed by atoms with Crippen molar-refractivity contribution in [2.75, 3.05) is 0 Å². The molecule has 10 aromatic rings. The molecule has 1 aliphatic rings. The number of hydrogen-bond acceptors (Lipinski definition) is 1. The van der Waals surface area contributed by atoms with Crippen molar-refractivity contribution in [1.29, 1.82) is 0 Å². The molecule has 1 nitrogen and oxygen atoms in total. The Morgan fingerprint density at radius 2 is 0.917 bits per heavy atom. The molecule has 11 rings (SSSR count). The Labute approximate surface area is 359 Å². The Morgan fingerprint density at radius 3 is 1.58 bits per heavy atom. The first-order valence-corrected chi connectivity index (χ1v) is 19.8. The second kappa shape index (κ2) is 13.0. The first-order valence-electron chi connectivity index (χ1n) is 19.8. The predicted molar refractivity (Wildman–Crippen MR) is 263 cm³/mol. The topological polar surface area (TPSA) is 13.1 Å². The van der Waals surface area contributed by atoms with E-state index in [1.165, 1.54) is 5.56 Å². The smallest absolute Gasteiger partial charge is 0.143 e. The van der Waals surface area contributed by atoms with E-state index in [1.54, 1.807) is 0 Å². The van der Waals surface area contributed by atoms with Gasteiger partial charge in [-0.15, -0.1) is 21.9 Å². The monoisotopic (exact) mass is 742 g/mol.